The molecular weight excluding hydrogens is 796 g/mol. The van der Waals surface area contributed by atoms with Crippen LogP contribution in [0.2, 0.25) is 0 Å². The lowest BCUT2D eigenvalue weighted by molar-refractivity contribution is 0.588. The van der Waals surface area contributed by atoms with Crippen LogP contribution in [0.4, 0.5) is 34.3 Å². The van der Waals surface area contributed by atoms with Gasteiger partial charge in [0.05, 0.1) is 11.4 Å². The maximum Gasteiger partial charge on any atom is 0.257 e. The lowest BCUT2D eigenvalue weighted by atomic mass is 9.33. The number of thiophene rings is 1. The molecular formula is C59H63BN2OS. The quantitative estimate of drug-likeness (QED) is 0.164. The van der Waals surface area contributed by atoms with E-state index in [0.717, 1.165) is 11.5 Å². The molecule has 0 bridgehead atoms. The number of fused-ring (bicyclic) bond motifs is 7. The molecule has 324 valence electrons. The van der Waals surface area contributed by atoms with E-state index < -0.39 is 0 Å². The Morgan fingerprint density at radius 1 is 0.547 bits per heavy atom. The zero-order valence-electron chi connectivity index (χ0n) is 40.7. The van der Waals surface area contributed by atoms with Crippen LogP contribution in [0, 0.1) is 27.7 Å². The number of hydrogen-bond donors (Lipinski definition) is 0. The van der Waals surface area contributed by atoms with Crippen LogP contribution >= 0.6 is 11.3 Å². The topological polar surface area (TPSA) is 19.6 Å². The minimum Gasteiger partial charge on any atom is -0.440 e. The molecule has 2 aromatic heterocycles. The number of hydrogen-bond acceptors (Lipinski definition) is 4. The Morgan fingerprint density at radius 3 is 1.67 bits per heavy atom. The molecule has 3 nitrogen and oxygen atoms in total. The van der Waals surface area contributed by atoms with E-state index in [9.17, 15) is 0 Å². The van der Waals surface area contributed by atoms with Gasteiger partial charge < -0.3 is 9.32 Å². The van der Waals surface area contributed by atoms with Crippen molar-refractivity contribution >= 4 is 89.8 Å². The van der Waals surface area contributed by atoms with Crippen molar-refractivity contribution in [3.8, 4) is 10.4 Å². The molecule has 0 amide bonds. The highest BCUT2D eigenvalue weighted by Crippen LogP contribution is 2.51. The molecule has 2 aliphatic rings. The fraction of sp³-hybridized carbons (Fsp3) is 0.322. The molecule has 64 heavy (non-hydrogen) atoms. The molecule has 5 heteroatoms. The monoisotopic (exact) mass is 858 g/mol. The molecule has 4 heterocycles. The first-order valence-electron chi connectivity index (χ1n) is 23.3. The Bertz CT molecular complexity index is 3130. The Balaban J connectivity index is 1.36. The number of benzene rings is 6. The lowest BCUT2D eigenvalue weighted by Gasteiger charge is -2.44. The van der Waals surface area contributed by atoms with Gasteiger partial charge in [0, 0.05) is 37.5 Å². The van der Waals surface area contributed by atoms with Gasteiger partial charge in [-0.25, -0.2) is 0 Å². The summed E-state index contributed by atoms with van der Waals surface area (Å²) in [5.41, 5.74) is 22.6. The molecule has 0 atom stereocenters. The first-order valence-corrected chi connectivity index (χ1v) is 24.1. The summed E-state index contributed by atoms with van der Waals surface area (Å²) in [4.78, 5) is 6.45. The first-order chi connectivity index (χ1) is 30.1. The van der Waals surface area contributed by atoms with Gasteiger partial charge in [0.15, 0.2) is 0 Å². The van der Waals surface area contributed by atoms with E-state index in [1.807, 2.05) is 11.3 Å². The second-order valence-corrected chi connectivity index (χ2v) is 23.4. The Labute approximate surface area is 386 Å². The summed E-state index contributed by atoms with van der Waals surface area (Å²) in [5.74, 6) is 1.22. The number of aryl methyl sites for hydroxylation is 4. The van der Waals surface area contributed by atoms with Crippen LogP contribution in [0.5, 0.6) is 0 Å². The summed E-state index contributed by atoms with van der Waals surface area (Å²) >= 11 is 1.88. The van der Waals surface area contributed by atoms with Crippen LogP contribution in [0.15, 0.2) is 108 Å². The van der Waals surface area contributed by atoms with Gasteiger partial charge >= 0.3 is 0 Å². The van der Waals surface area contributed by atoms with Gasteiger partial charge in [-0.3, -0.25) is 4.90 Å². The Morgan fingerprint density at radius 2 is 1.11 bits per heavy atom. The van der Waals surface area contributed by atoms with Gasteiger partial charge in [0.25, 0.3) is 6.71 Å². The van der Waals surface area contributed by atoms with Gasteiger partial charge in [0.2, 0.25) is 5.88 Å². The summed E-state index contributed by atoms with van der Waals surface area (Å²) in [5, 5.41) is 2.48. The van der Waals surface area contributed by atoms with Gasteiger partial charge in [-0.05, 0) is 159 Å². The molecule has 10 rings (SSSR count). The number of rotatable bonds is 4. The summed E-state index contributed by atoms with van der Waals surface area (Å²) in [6, 6.07) is 40.1. The van der Waals surface area contributed by atoms with E-state index >= 15 is 0 Å². The van der Waals surface area contributed by atoms with Crippen molar-refractivity contribution in [2.45, 2.75) is 126 Å². The van der Waals surface area contributed by atoms with Crippen LogP contribution < -0.4 is 26.2 Å². The molecule has 0 spiro atoms. The molecule has 0 saturated heterocycles. The third kappa shape index (κ3) is 6.67. The van der Waals surface area contributed by atoms with Crippen LogP contribution in [-0.4, -0.2) is 6.71 Å². The van der Waals surface area contributed by atoms with Crippen molar-refractivity contribution in [2.75, 3.05) is 9.80 Å². The molecule has 2 aliphatic heterocycles. The van der Waals surface area contributed by atoms with Crippen LogP contribution in [-0.2, 0) is 16.2 Å². The van der Waals surface area contributed by atoms with Crippen LogP contribution in [0.1, 0.15) is 127 Å². The van der Waals surface area contributed by atoms with Crippen molar-refractivity contribution in [1.29, 1.82) is 0 Å². The highest BCUT2D eigenvalue weighted by Gasteiger charge is 2.47. The Hall–Kier alpha value is -5.52. The average molecular weight is 859 g/mol. The predicted molar refractivity (Wildman–Crippen MR) is 280 cm³/mol. The van der Waals surface area contributed by atoms with Gasteiger partial charge in [-0.15, -0.1) is 11.3 Å². The van der Waals surface area contributed by atoms with Crippen LogP contribution in [0.3, 0.4) is 0 Å². The van der Waals surface area contributed by atoms with Crippen molar-refractivity contribution in [1.82, 2.24) is 0 Å². The van der Waals surface area contributed by atoms with Crippen molar-refractivity contribution in [3.05, 3.63) is 148 Å². The fourth-order valence-corrected chi connectivity index (χ4v) is 11.6. The Kier molecular flexibility index (Phi) is 9.61. The number of nitrogens with zero attached hydrogens (tertiary/aromatic N) is 2. The molecule has 0 N–H and O–H groups in total. The highest BCUT2D eigenvalue weighted by atomic mass is 32.1. The van der Waals surface area contributed by atoms with E-state index in [1.165, 1.54) is 115 Å². The van der Waals surface area contributed by atoms with Gasteiger partial charge in [0.1, 0.15) is 5.58 Å². The SMILES string of the molecule is Cc1cc(C(C)(C)C)cc(C)c1N1c2cc(-c3cc4ccccc4s3)ccc2B2c3c1cc(C(C)C)cc3N(c1c(C)cc(C(C)(C)C)cc1C)c1oc3ccc(C(C)(C)C)cc3c12. The first kappa shape index (κ1) is 42.4. The van der Waals surface area contributed by atoms with Gasteiger partial charge in [-0.2, -0.15) is 0 Å². The molecule has 0 fully saturated rings. The minimum absolute atomic E-state index is 0.0167. The van der Waals surface area contributed by atoms with Crippen LogP contribution in [0.25, 0.3) is 31.5 Å². The highest BCUT2D eigenvalue weighted by molar-refractivity contribution is 7.22. The number of furan rings is 1. The molecule has 0 unspecified atom stereocenters. The molecule has 0 saturated carbocycles. The van der Waals surface area contributed by atoms with E-state index in [0.29, 0.717) is 0 Å². The zero-order valence-corrected chi connectivity index (χ0v) is 41.5. The maximum atomic E-state index is 7.34. The second kappa shape index (κ2) is 14.5. The van der Waals surface area contributed by atoms with Gasteiger partial charge in [-0.1, -0.05) is 137 Å². The predicted octanol–water partition coefficient (Wildman–Crippen LogP) is 15.6. The van der Waals surface area contributed by atoms with E-state index in [-0.39, 0.29) is 28.9 Å². The second-order valence-electron chi connectivity index (χ2n) is 22.4. The smallest absolute Gasteiger partial charge is 0.257 e. The molecule has 0 aliphatic carbocycles. The normalized spacial score (nSPS) is 13.9. The molecule has 8 aromatic rings. The largest absolute Gasteiger partial charge is 0.440 e. The zero-order chi connectivity index (χ0) is 45.5. The third-order valence-electron chi connectivity index (χ3n) is 14.1. The van der Waals surface area contributed by atoms with E-state index in [4.69, 9.17) is 4.42 Å². The standard InChI is InChI=1S/C59H63BN2OS/c1-33(2)40-29-47-53-48(30-40)62(55-36(5)26-43(27-37(55)6)59(13,14)15)56-52(44-32-41(57(7,8)9)21-23-49(44)63-56)60(53)45-22-20-39(51-31-38-18-16-17-19-50(38)64-51)28-46(45)61(47)54-34(3)24-42(25-35(54)4)58(10,11)12/h16-33H,1-15H3. The molecule has 6 aromatic carbocycles. The van der Waals surface area contributed by atoms with E-state index in [1.54, 1.807) is 0 Å². The summed E-state index contributed by atoms with van der Waals surface area (Å²) in [6.07, 6.45) is 0. The van der Waals surface area contributed by atoms with Crippen molar-refractivity contribution in [3.63, 3.8) is 0 Å². The number of anilines is 6. The summed E-state index contributed by atoms with van der Waals surface area (Å²) < 4.78 is 8.65. The maximum absolute atomic E-state index is 7.34. The average Bonchev–Trinajstić information content (AvgIpc) is 3.82. The van der Waals surface area contributed by atoms with Crippen molar-refractivity contribution in [2.24, 2.45) is 0 Å². The summed E-state index contributed by atoms with van der Waals surface area (Å²) in [7, 11) is 0. The minimum atomic E-state index is -0.0689. The third-order valence-corrected chi connectivity index (χ3v) is 15.3. The lowest BCUT2D eigenvalue weighted by Crippen LogP contribution is -2.61. The fourth-order valence-electron chi connectivity index (χ4n) is 10.6. The summed E-state index contributed by atoms with van der Waals surface area (Å²) in [6.45, 7) is 34.7. The van der Waals surface area contributed by atoms with E-state index in [2.05, 4.69) is 217 Å². The van der Waals surface area contributed by atoms with Crippen molar-refractivity contribution < 1.29 is 4.42 Å². The molecule has 0 radical (unpaired) electrons.